The summed E-state index contributed by atoms with van der Waals surface area (Å²) >= 11 is 0. The van der Waals surface area contributed by atoms with Gasteiger partial charge in [-0.15, -0.1) is 0 Å². The maximum absolute atomic E-state index is 14.5. The Morgan fingerprint density at radius 1 is 1.25 bits per heavy atom. The molecule has 1 aliphatic rings. The lowest BCUT2D eigenvalue weighted by Crippen LogP contribution is -2.44. The zero-order chi connectivity index (χ0) is 23.8. The molecule has 0 aliphatic carbocycles. The minimum atomic E-state index is -3.61. The molecule has 3 rings (SSSR count). The van der Waals surface area contributed by atoms with Crippen molar-refractivity contribution >= 4 is 27.4 Å². The van der Waals surface area contributed by atoms with Gasteiger partial charge in [0.05, 0.1) is 24.9 Å². The number of ether oxygens (including phenoxy) is 1. The zero-order valence-electron chi connectivity index (χ0n) is 18.0. The Morgan fingerprint density at radius 3 is 2.41 bits per heavy atom. The third kappa shape index (κ3) is 4.65. The van der Waals surface area contributed by atoms with Gasteiger partial charge in [0, 0.05) is 24.4 Å². The first-order valence-corrected chi connectivity index (χ1v) is 11.6. The Balaban J connectivity index is 2.20. The smallest absolute Gasteiger partial charge is 0.409 e. The lowest BCUT2D eigenvalue weighted by Gasteiger charge is -2.35. The van der Waals surface area contributed by atoms with E-state index in [1.54, 1.807) is 11.4 Å². The van der Waals surface area contributed by atoms with Crippen molar-refractivity contribution in [1.82, 2.24) is 9.97 Å². The van der Waals surface area contributed by atoms with Gasteiger partial charge in [0.25, 0.3) is 0 Å². The highest BCUT2D eigenvalue weighted by molar-refractivity contribution is 7.91. The number of halogens is 2. The van der Waals surface area contributed by atoms with E-state index in [1.807, 2.05) is 11.8 Å². The largest absolute Gasteiger partial charge is 0.465 e. The highest BCUT2D eigenvalue weighted by atomic mass is 32.2. The van der Waals surface area contributed by atoms with Crippen molar-refractivity contribution in [3.05, 3.63) is 35.5 Å². The first kappa shape index (κ1) is 23.8. The number of carbonyl (C=O) groups is 1. The van der Waals surface area contributed by atoms with Gasteiger partial charge >= 0.3 is 6.09 Å². The lowest BCUT2D eigenvalue weighted by atomic mass is 10.1. The summed E-state index contributed by atoms with van der Waals surface area (Å²) in [5.41, 5.74) is -0.729. The molecule has 0 spiro atoms. The highest BCUT2D eigenvalue weighted by Gasteiger charge is 2.36. The first-order chi connectivity index (χ1) is 14.8. The Labute approximate surface area is 184 Å². The molecule has 1 saturated heterocycles. The van der Waals surface area contributed by atoms with Crippen LogP contribution in [0.25, 0.3) is 11.4 Å². The van der Waals surface area contributed by atoms with E-state index < -0.39 is 38.0 Å². The van der Waals surface area contributed by atoms with Gasteiger partial charge in [-0.1, -0.05) is 0 Å². The van der Waals surface area contributed by atoms with Gasteiger partial charge in [0.1, 0.15) is 16.3 Å². The molecule has 2 N–H and O–H groups in total. The normalized spacial score (nSPS) is 17.3. The van der Waals surface area contributed by atoms with Crippen molar-refractivity contribution in [2.75, 3.05) is 36.2 Å². The van der Waals surface area contributed by atoms with Crippen molar-refractivity contribution in [1.29, 1.82) is 0 Å². The molecule has 174 valence electrons. The molecule has 1 aromatic carbocycles. The third-order valence-electron chi connectivity index (χ3n) is 5.45. The van der Waals surface area contributed by atoms with Gasteiger partial charge in [-0.05, 0) is 32.9 Å². The summed E-state index contributed by atoms with van der Waals surface area (Å²) in [5.74, 6) is -2.00. The number of sulfone groups is 1. The number of rotatable bonds is 5. The Bertz CT molecular complexity index is 1130. The van der Waals surface area contributed by atoms with E-state index in [4.69, 9.17) is 9.84 Å². The number of anilines is 2. The molecule has 1 unspecified atom stereocenters. The molecular formula is C20H24F2N4O5S. The number of nitrogens with zero attached hydrogens (tertiary/aromatic N) is 3. The Morgan fingerprint density at radius 2 is 1.88 bits per heavy atom. The molecule has 1 amide bonds. The number of nitrogens with one attached hydrogen (secondary N) is 1. The lowest BCUT2D eigenvalue weighted by molar-refractivity contribution is 0.0985. The van der Waals surface area contributed by atoms with Crippen LogP contribution in [0.15, 0.2) is 18.2 Å². The molecule has 0 radical (unpaired) electrons. The summed E-state index contributed by atoms with van der Waals surface area (Å²) in [5, 5.41) is 10.4. The zero-order valence-corrected chi connectivity index (χ0v) is 18.8. The first-order valence-electron chi connectivity index (χ1n) is 9.74. The topological polar surface area (TPSA) is 122 Å². The number of benzene rings is 1. The number of amides is 1. The summed E-state index contributed by atoms with van der Waals surface area (Å²) in [6.07, 6.45) is -0.537. The molecule has 2 aromatic rings. The van der Waals surface area contributed by atoms with Crippen LogP contribution in [0.1, 0.15) is 26.5 Å². The van der Waals surface area contributed by atoms with E-state index in [9.17, 15) is 22.0 Å². The van der Waals surface area contributed by atoms with Crippen LogP contribution < -0.4 is 10.2 Å². The maximum Gasteiger partial charge on any atom is 0.409 e. The van der Waals surface area contributed by atoms with Crippen molar-refractivity contribution in [2.24, 2.45) is 0 Å². The van der Waals surface area contributed by atoms with Crippen LogP contribution in [0, 0.1) is 11.6 Å². The quantitative estimate of drug-likeness (QED) is 0.684. The Kier molecular flexibility index (Phi) is 6.38. The van der Waals surface area contributed by atoms with Crippen LogP contribution in [0.3, 0.4) is 0 Å². The SMILES string of the molecule is CC1COCCN1c1cc(C(C)(C)S(C)(=O)=O)nc(-c2cc(F)c(NC(=O)O)c(F)c2)n1. The number of aromatic nitrogens is 2. The van der Waals surface area contributed by atoms with Crippen LogP contribution in [-0.4, -0.2) is 61.6 Å². The predicted octanol–water partition coefficient (Wildman–Crippen LogP) is 3.02. The maximum atomic E-state index is 14.5. The van der Waals surface area contributed by atoms with Crippen molar-refractivity contribution < 1.29 is 31.8 Å². The standard InChI is InChI=1S/C20H24F2N4O5S/c1-11-10-31-6-5-26(11)16-9-15(20(2,3)32(4,29)30)23-18(24-16)12-7-13(21)17(14(22)8-12)25-19(27)28/h7-9,11,25H,5-6,10H2,1-4H3,(H,27,28). The molecule has 9 nitrogen and oxygen atoms in total. The minimum Gasteiger partial charge on any atom is -0.465 e. The van der Waals surface area contributed by atoms with Gasteiger partial charge in [0.2, 0.25) is 0 Å². The highest BCUT2D eigenvalue weighted by Crippen LogP contribution is 2.33. The average Bonchev–Trinajstić information content (AvgIpc) is 2.69. The van der Waals surface area contributed by atoms with E-state index in [0.29, 0.717) is 25.6 Å². The molecule has 1 aromatic heterocycles. The van der Waals surface area contributed by atoms with Crippen LogP contribution in [0.2, 0.25) is 0 Å². The number of morpholine rings is 1. The summed E-state index contributed by atoms with van der Waals surface area (Å²) in [6, 6.07) is 3.27. The van der Waals surface area contributed by atoms with Crippen molar-refractivity contribution in [2.45, 2.75) is 31.6 Å². The van der Waals surface area contributed by atoms with E-state index in [2.05, 4.69) is 9.97 Å². The fraction of sp³-hybridized carbons (Fsp3) is 0.450. The minimum absolute atomic E-state index is 0.0655. The second-order valence-electron chi connectivity index (χ2n) is 8.08. The molecule has 0 bridgehead atoms. The molecule has 32 heavy (non-hydrogen) atoms. The number of hydrogen-bond donors (Lipinski definition) is 2. The molecule has 12 heteroatoms. The second-order valence-corrected chi connectivity index (χ2v) is 10.6. The van der Waals surface area contributed by atoms with Crippen LogP contribution >= 0.6 is 0 Å². The summed E-state index contributed by atoms with van der Waals surface area (Å²) < 4.78 is 57.8. The van der Waals surface area contributed by atoms with Crippen molar-refractivity contribution in [3.8, 4) is 11.4 Å². The third-order valence-corrected chi connectivity index (χ3v) is 7.51. The number of hydrogen-bond acceptors (Lipinski definition) is 7. The van der Waals surface area contributed by atoms with E-state index in [0.717, 1.165) is 18.4 Å². The van der Waals surface area contributed by atoms with Gasteiger partial charge in [-0.25, -0.2) is 32.0 Å². The van der Waals surface area contributed by atoms with E-state index >= 15 is 0 Å². The molecule has 1 aliphatic heterocycles. The van der Waals surface area contributed by atoms with Gasteiger partial charge in [0.15, 0.2) is 27.3 Å². The molecular weight excluding hydrogens is 446 g/mol. The summed E-state index contributed by atoms with van der Waals surface area (Å²) in [4.78, 5) is 21.4. The van der Waals surface area contributed by atoms with Gasteiger partial charge < -0.3 is 14.7 Å². The second kappa shape index (κ2) is 8.58. The van der Waals surface area contributed by atoms with Crippen molar-refractivity contribution in [3.63, 3.8) is 0 Å². The summed E-state index contributed by atoms with van der Waals surface area (Å²) in [6.45, 7) is 6.24. The van der Waals surface area contributed by atoms with E-state index in [1.165, 1.54) is 13.8 Å². The fourth-order valence-corrected chi connectivity index (χ4v) is 3.69. The predicted molar refractivity (Wildman–Crippen MR) is 115 cm³/mol. The van der Waals surface area contributed by atoms with Crippen LogP contribution in [-0.2, 0) is 19.3 Å². The molecule has 1 atom stereocenters. The van der Waals surface area contributed by atoms with E-state index in [-0.39, 0.29) is 23.1 Å². The monoisotopic (exact) mass is 470 g/mol. The molecule has 2 heterocycles. The van der Waals surface area contributed by atoms with Gasteiger partial charge in [-0.3, -0.25) is 5.32 Å². The fourth-order valence-electron chi connectivity index (χ4n) is 3.21. The average molecular weight is 470 g/mol. The van der Waals surface area contributed by atoms with Crippen LogP contribution in [0.4, 0.5) is 25.1 Å². The number of carboxylic acid groups (broad SMARTS) is 1. The van der Waals surface area contributed by atoms with Gasteiger partial charge in [-0.2, -0.15) is 0 Å². The summed E-state index contributed by atoms with van der Waals surface area (Å²) in [7, 11) is -3.61. The molecule has 1 fully saturated rings. The Hall–Kier alpha value is -2.86. The van der Waals surface area contributed by atoms with Crippen LogP contribution in [0.5, 0.6) is 0 Å². The molecule has 0 saturated carbocycles.